The van der Waals surface area contributed by atoms with E-state index in [1.54, 1.807) is 0 Å². The number of nitrogens with one attached hydrogen (secondary N) is 1. The van der Waals surface area contributed by atoms with Crippen molar-refractivity contribution in [1.29, 1.82) is 0 Å². The second-order valence-electron chi connectivity index (χ2n) is 7.66. The van der Waals surface area contributed by atoms with Crippen molar-refractivity contribution in [2.24, 2.45) is 23.7 Å². The van der Waals surface area contributed by atoms with Crippen molar-refractivity contribution in [3.05, 3.63) is 40.9 Å². The van der Waals surface area contributed by atoms with Crippen LogP contribution in [0.5, 0.6) is 0 Å². The maximum atomic E-state index is 12.8. The molecule has 0 radical (unpaired) electrons. The number of carbonyl (C=O) groups excluding carboxylic acids is 4. The first-order chi connectivity index (χ1) is 14.6. The Morgan fingerprint density at radius 3 is 2.32 bits per heavy atom. The molecule has 3 aliphatic rings. The quantitative estimate of drug-likeness (QED) is 0.418. The summed E-state index contributed by atoms with van der Waals surface area (Å²) in [6.07, 6.45) is -0.0356. The van der Waals surface area contributed by atoms with Gasteiger partial charge in [-0.15, -0.1) is 0 Å². The Morgan fingerprint density at radius 1 is 1.13 bits per heavy atom. The standard InChI is InChI=1S/C20H16ClF3N2O5/c21-12-4-3-11(20(22,23)24)6-13(12)25-14(27)8-31-15(28)7-26-18(29)16-9-1-2-10(5-9)17(16)19(26)30/h1-4,6,9-10,16-17H,5,7-8H2,(H,25,27)/t9-,10-,16-,17+/m0/s1. The molecule has 2 bridgehead atoms. The molecule has 1 aliphatic heterocycles. The van der Waals surface area contributed by atoms with Gasteiger partial charge in [-0.25, -0.2) is 0 Å². The van der Waals surface area contributed by atoms with Crippen LogP contribution in [0.3, 0.4) is 0 Å². The van der Waals surface area contributed by atoms with Crippen LogP contribution in [0.4, 0.5) is 18.9 Å². The number of fused-ring (bicyclic) bond motifs is 5. The molecule has 0 unspecified atom stereocenters. The number of alkyl halides is 3. The molecule has 7 nitrogen and oxygen atoms in total. The highest BCUT2D eigenvalue weighted by molar-refractivity contribution is 6.33. The van der Waals surface area contributed by atoms with Crippen molar-refractivity contribution >= 4 is 41.0 Å². The molecule has 2 fully saturated rings. The number of allylic oxidation sites excluding steroid dienone is 2. The summed E-state index contributed by atoms with van der Waals surface area (Å²) in [5, 5.41) is 2.01. The number of benzene rings is 1. The van der Waals surface area contributed by atoms with Gasteiger partial charge in [-0.3, -0.25) is 24.1 Å². The topological polar surface area (TPSA) is 92.8 Å². The zero-order chi connectivity index (χ0) is 22.5. The monoisotopic (exact) mass is 456 g/mol. The highest BCUT2D eigenvalue weighted by Gasteiger charge is 2.59. The van der Waals surface area contributed by atoms with Crippen LogP contribution in [0.15, 0.2) is 30.4 Å². The Kier molecular flexibility index (Phi) is 5.28. The van der Waals surface area contributed by atoms with Crippen LogP contribution in [0.1, 0.15) is 12.0 Å². The van der Waals surface area contributed by atoms with Gasteiger partial charge >= 0.3 is 12.1 Å². The Labute approximate surface area is 179 Å². The summed E-state index contributed by atoms with van der Waals surface area (Å²) in [6.45, 7) is -1.44. The Balaban J connectivity index is 1.31. The van der Waals surface area contributed by atoms with Crippen LogP contribution in [0.25, 0.3) is 0 Å². The van der Waals surface area contributed by atoms with E-state index < -0.39 is 60.4 Å². The Hall–Kier alpha value is -2.88. The highest BCUT2D eigenvalue weighted by atomic mass is 35.5. The number of halogens is 4. The molecular formula is C20H16ClF3N2O5. The van der Waals surface area contributed by atoms with Crippen LogP contribution in [-0.2, 0) is 30.1 Å². The fourth-order valence-corrected chi connectivity index (χ4v) is 4.59. The van der Waals surface area contributed by atoms with Crippen molar-refractivity contribution in [3.63, 3.8) is 0 Å². The van der Waals surface area contributed by atoms with E-state index in [0.29, 0.717) is 6.07 Å². The molecule has 0 spiro atoms. The molecule has 1 saturated carbocycles. The molecule has 3 amide bonds. The zero-order valence-electron chi connectivity index (χ0n) is 15.8. The molecule has 11 heteroatoms. The van der Waals surface area contributed by atoms with Gasteiger partial charge in [-0.1, -0.05) is 23.8 Å². The fourth-order valence-electron chi connectivity index (χ4n) is 4.42. The minimum absolute atomic E-state index is 0.00421. The lowest BCUT2D eigenvalue weighted by Gasteiger charge is -2.16. The molecule has 31 heavy (non-hydrogen) atoms. The lowest BCUT2D eigenvalue weighted by molar-refractivity contribution is -0.154. The molecule has 1 saturated heterocycles. The number of hydrogen-bond donors (Lipinski definition) is 1. The molecule has 164 valence electrons. The van der Waals surface area contributed by atoms with Gasteiger partial charge in [0.25, 0.3) is 5.91 Å². The van der Waals surface area contributed by atoms with Crippen molar-refractivity contribution < 1.29 is 37.1 Å². The molecule has 1 heterocycles. The van der Waals surface area contributed by atoms with E-state index in [2.05, 4.69) is 5.32 Å². The Morgan fingerprint density at radius 2 is 1.74 bits per heavy atom. The lowest BCUT2D eigenvalue weighted by atomic mass is 9.85. The molecule has 2 aliphatic carbocycles. The number of likely N-dealkylation sites (tertiary alicyclic amines) is 1. The van der Waals surface area contributed by atoms with Crippen LogP contribution in [0, 0.1) is 23.7 Å². The molecule has 4 atom stereocenters. The largest absolute Gasteiger partial charge is 0.454 e. The lowest BCUT2D eigenvalue weighted by Crippen LogP contribution is -2.38. The summed E-state index contributed by atoms with van der Waals surface area (Å²) < 4.78 is 43.2. The van der Waals surface area contributed by atoms with Gasteiger partial charge in [0.1, 0.15) is 6.54 Å². The third kappa shape index (κ3) is 3.91. The summed E-state index contributed by atoms with van der Waals surface area (Å²) in [6, 6.07) is 2.40. The molecule has 0 aromatic heterocycles. The third-order valence-corrected chi connectivity index (χ3v) is 6.11. The van der Waals surface area contributed by atoms with Gasteiger partial charge in [0.15, 0.2) is 6.61 Å². The first-order valence-electron chi connectivity index (χ1n) is 9.42. The van der Waals surface area contributed by atoms with Crippen LogP contribution >= 0.6 is 11.6 Å². The molecule has 1 aromatic rings. The number of ether oxygens (including phenoxy) is 1. The average molecular weight is 457 g/mol. The van der Waals surface area contributed by atoms with Crippen molar-refractivity contribution in [3.8, 4) is 0 Å². The summed E-state index contributed by atoms with van der Waals surface area (Å²) >= 11 is 5.80. The second kappa shape index (κ2) is 7.67. The average Bonchev–Trinajstić information content (AvgIpc) is 3.37. The molecule has 1 N–H and O–H groups in total. The number of rotatable bonds is 5. The molecule has 4 rings (SSSR count). The second-order valence-corrected chi connectivity index (χ2v) is 8.07. The van der Waals surface area contributed by atoms with Gasteiger partial charge < -0.3 is 10.1 Å². The molecular weight excluding hydrogens is 441 g/mol. The number of imide groups is 1. The summed E-state index contributed by atoms with van der Waals surface area (Å²) in [7, 11) is 0. The predicted molar refractivity (Wildman–Crippen MR) is 100 cm³/mol. The van der Waals surface area contributed by atoms with Crippen molar-refractivity contribution in [1.82, 2.24) is 4.90 Å². The van der Waals surface area contributed by atoms with E-state index in [0.717, 1.165) is 23.5 Å². The summed E-state index contributed by atoms with van der Waals surface area (Å²) in [5.41, 5.74) is -1.30. The van der Waals surface area contributed by atoms with Crippen LogP contribution in [-0.4, -0.2) is 41.7 Å². The van der Waals surface area contributed by atoms with E-state index in [9.17, 15) is 32.3 Å². The normalized spacial score (nSPS) is 26.4. The Bertz CT molecular complexity index is 979. The van der Waals surface area contributed by atoms with E-state index in [1.807, 2.05) is 12.2 Å². The van der Waals surface area contributed by atoms with Gasteiger partial charge in [0.2, 0.25) is 11.8 Å². The van der Waals surface area contributed by atoms with Crippen molar-refractivity contribution in [2.45, 2.75) is 12.6 Å². The maximum absolute atomic E-state index is 12.8. The van der Waals surface area contributed by atoms with E-state index in [4.69, 9.17) is 16.3 Å². The smallest absolute Gasteiger partial charge is 0.416 e. The summed E-state index contributed by atoms with van der Waals surface area (Å²) in [5.74, 6) is -3.68. The minimum atomic E-state index is -4.63. The SMILES string of the molecule is O=C(COC(=O)CN1C(=O)[C@@H]2[C@H](C1=O)[C@H]1C=C[C@H]2C1)Nc1cc(C(F)(F)F)ccc1Cl. The highest BCUT2D eigenvalue weighted by Crippen LogP contribution is 2.52. The van der Waals surface area contributed by atoms with Gasteiger partial charge in [-0.05, 0) is 36.5 Å². The zero-order valence-corrected chi connectivity index (χ0v) is 16.6. The van der Waals surface area contributed by atoms with E-state index >= 15 is 0 Å². The number of hydrogen-bond acceptors (Lipinski definition) is 5. The number of esters is 1. The van der Waals surface area contributed by atoms with Gasteiger partial charge in [0.05, 0.1) is 28.1 Å². The molecule has 1 aromatic carbocycles. The van der Waals surface area contributed by atoms with E-state index in [1.165, 1.54) is 0 Å². The van der Waals surface area contributed by atoms with Gasteiger partial charge in [-0.2, -0.15) is 13.2 Å². The maximum Gasteiger partial charge on any atom is 0.416 e. The third-order valence-electron chi connectivity index (χ3n) is 5.78. The fraction of sp³-hybridized carbons (Fsp3) is 0.400. The van der Waals surface area contributed by atoms with Crippen LogP contribution < -0.4 is 5.32 Å². The van der Waals surface area contributed by atoms with E-state index in [-0.39, 0.29) is 22.5 Å². The number of anilines is 1. The van der Waals surface area contributed by atoms with Crippen LogP contribution in [0.2, 0.25) is 5.02 Å². The number of nitrogens with zero attached hydrogens (tertiary/aromatic N) is 1. The van der Waals surface area contributed by atoms with Crippen molar-refractivity contribution in [2.75, 3.05) is 18.5 Å². The number of carbonyl (C=O) groups is 4. The summed E-state index contributed by atoms with van der Waals surface area (Å²) in [4.78, 5) is 49.9. The first kappa shape index (κ1) is 21.4. The predicted octanol–water partition coefficient (Wildman–Crippen LogP) is 2.65. The minimum Gasteiger partial charge on any atom is -0.454 e. The van der Waals surface area contributed by atoms with Gasteiger partial charge in [0, 0.05) is 0 Å². The number of amides is 3. The first-order valence-corrected chi connectivity index (χ1v) is 9.80.